The number of nitrogens with one attached hydrogen (secondary N) is 1. The molecule has 10 nitrogen and oxygen atoms in total. The van der Waals surface area contributed by atoms with Crippen LogP contribution in [0.2, 0.25) is 0 Å². The van der Waals surface area contributed by atoms with Crippen LogP contribution in [0.15, 0.2) is 95.1 Å². The maximum atomic E-state index is 13.5. The van der Waals surface area contributed by atoms with E-state index in [4.69, 9.17) is 9.26 Å². The van der Waals surface area contributed by atoms with Crippen LogP contribution in [0.1, 0.15) is 29.5 Å². The van der Waals surface area contributed by atoms with Gasteiger partial charge in [0.2, 0.25) is 17.6 Å². The fourth-order valence-corrected chi connectivity index (χ4v) is 4.69. The molecule has 0 atom stereocenters. The highest BCUT2D eigenvalue weighted by Gasteiger charge is 2.34. The molecule has 0 unspecified atom stereocenters. The van der Waals surface area contributed by atoms with Crippen molar-refractivity contribution in [2.45, 2.75) is 33.0 Å². The number of alkyl halides is 3. The quantitative estimate of drug-likeness (QED) is 0.131. The summed E-state index contributed by atoms with van der Waals surface area (Å²) in [6.45, 7) is 2.54. The summed E-state index contributed by atoms with van der Waals surface area (Å²) >= 11 is 0. The second kappa shape index (κ2) is 15.7. The highest BCUT2D eigenvalue weighted by atomic mass is 19.4. The highest BCUT2D eigenvalue weighted by Crippen LogP contribution is 2.34. The number of halogens is 3. The van der Waals surface area contributed by atoms with Crippen molar-refractivity contribution in [3.8, 4) is 28.3 Å². The van der Waals surface area contributed by atoms with Gasteiger partial charge < -0.3 is 24.6 Å². The Morgan fingerprint density at radius 1 is 1.00 bits per heavy atom. The van der Waals surface area contributed by atoms with E-state index in [0.717, 1.165) is 27.7 Å². The normalized spacial score (nSPS) is 11.8. The Morgan fingerprint density at radius 3 is 2.25 bits per heavy atom. The monoisotopic (exact) mass is 662 g/mol. The van der Waals surface area contributed by atoms with E-state index < -0.39 is 42.5 Å². The molecule has 4 rings (SSSR count). The SMILES string of the molecule is CC=C(C=CCNC(=O)Cc1ccc(OC)cc1C(F)(F)F)C(=O)N(CC(=O)O)Cc1nc(-c2ccc(-c3ccc(C)cc3)cc2)no1. The first-order valence-corrected chi connectivity index (χ1v) is 14.7. The average molecular weight is 663 g/mol. The summed E-state index contributed by atoms with van der Waals surface area (Å²) in [5.74, 6) is -2.30. The number of carboxylic acid groups (broad SMARTS) is 1. The minimum Gasteiger partial charge on any atom is -0.497 e. The highest BCUT2D eigenvalue weighted by molar-refractivity contribution is 5.97. The fraction of sp³-hybridized carbons (Fsp3) is 0.229. The van der Waals surface area contributed by atoms with Gasteiger partial charge in [0.1, 0.15) is 18.8 Å². The number of aromatic nitrogens is 2. The van der Waals surface area contributed by atoms with Crippen LogP contribution < -0.4 is 10.1 Å². The number of hydrogen-bond donors (Lipinski definition) is 2. The maximum Gasteiger partial charge on any atom is 0.416 e. The van der Waals surface area contributed by atoms with Crippen molar-refractivity contribution in [3.63, 3.8) is 0 Å². The molecule has 0 fully saturated rings. The number of allylic oxidation sites excluding steroid dienone is 1. The van der Waals surface area contributed by atoms with E-state index in [-0.39, 0.29) is 41.7 Å². The number of carbonyl (C=O) groups excluding carboxylic acids is 2. The van der Waals surface area contributed by atoms with E-state index in [1.54, 1.807) is 6.92 Å². The van der Waals surface area contributed by atoms with Gasteiger partial charge in [-0.15, -0.1) is 0 Å². The molecule has 13 heteroatoms. The number of methoxy groups -OCH3 is 1. The van der Waals surface area contributed by atoms with Gasteiger partial charge in [-0.25, -0.2) is 0 Å². The van der Waals surface area contributed by atoms with Crippen LogP contribution in [0.25, 0.3) is 22.5 Å². The Bertz CT molecular complexity index is 1810. The van der Waals surface area contributed by atoms with Gasteiger partial charge >= 0.3 is 12.1 Å². The lowest BCUT2D eigenvalue weighted by Gasteiger charge is -2.19. The van der Waals surface area contributed by atoms with Crippen molar-refractivity contribution >= 4 is 17.8 Å². The van der Waals surface area contributed by atoms with Crippen molar-refractivity contribution in [1.29, 1.82) is 0 Å². The zero-order valence-electron chi connectivity index (χ0n) is 26.4. The predicted octanol–water partition coefficient (Wildman–Crippen LogP) is 6.01. The number of aryl methyl sites for hydroxylation is 1. The van der Waals surface area contributed by atoms with Gasteiger partial charge in [0.05, 0.1) is 19.1 Å². The van der Waals surface area contributed by atoms with E-state index >= 15 is 0 Å². The van der Waals surface area contributed by atoms with Crippen molar-refractivity contribution in [2.75, 3.05) is 20.2 Å². The summed E-state index contributed by atoms with van der Waals surface area (Å²) in [6.07, 6.45) is -0.951. The first-order chi connectivity index (χ1) is 22.9. The van der Waals surface area contributed by atoms with E-state index in [9.17, 15) is 32.7 Å². The molecule has 2 amide bonds. The van der Waals surface area contributed by atoms with Crippen LogP contribution in [-0.2, 0) is 33.5 Å². The third-order valence-corrected chi connectivity index (χ3v) is 7.18. The molecule has 0 aliphatic heterocycles. The summed E-state index contributed by atoms with van der Waals surface area (Å²) in [6, 6.07) is 18.9. The number of ether oxygens (including phenoxy) is 1. The molecule has 0 spiro atoms. The summed E-state index contributed by atoms with van der Waals surface area (Å²) in [5, 5.41) is 15.9. The summed E-state index contributed by atoms with van der Waals surface area (Å²) in [4.78, 5) is 42.6. The zero-order valence-corrected chi connectivity index (χ0v) is 26.4. The van der Waals surface area contributed by atoms with Gasteiger partial charge in [0.25, 0.3) is 5.91 Å². The molecule has 0 saturated heterocycles. The molecule has 0 radical (unpaired) electrons. The topological polar surface area (TPSA) is 135 Å². The average Bonchev–Trinajstić information content (AvgIpc) is 3.52. The number of hydrogen-bond acceptors (Lipinski definition) is 7. The van der Waals surface area contributed by atoms with Crippen molar-refractivity contribution in [1.82, 2.24) is 20.4 Å². The lowest BCUT2D eigenvalue weighted by Crippen LogP contribution is -2.36. The summed E-state index contributed by atoms with van der Waals surface area (Å²) in [5.41, 5.74) is 2.78. The van der Waals surface area contributed by atoms with Gasteiger partial charge in [0, 0.05) is 17.7 Å². The molecule has 48 heavy (non-hydrogen) atoms. The number of nitrogens with zero attached hydrogens (tertiary/aromatic N) is 3. The standard InChI is InChI=1S/C35H33F3N4O6/c1-4-23(6-5-17-39-30(43)18-27-15-16-28(47-3)19-29(27)35(36,37)38)34(46)42(21-32(44)45)20-31-40-33(41-48-31)26-13-11-25(12-14-26)24-9-7-22(2)8-10-24/h4-16,19H,17-18,20-21H2,1-3H3,(H,39,43)(H,44,45). The van der Waals surface area contributed by atoms with Gasteiger partial charge in [-0.2, -0.15) is 18.2 Å². The molecule has 1 aromatic heterocycles. The molecular formula is C35H33F3N4O6. The van der Waals surface area contributed by atoms with Crippen molar-refractivity contribution in [3.05, 3.63) is 113 Å². The molecule has 0 aliphatic carbocycles. The molecule has 3 aromatic carbocycles. The van der Waals surface area contributed by atoms with Crippen LogP contribution in [0.3, 0.4) is 0 Å². The van der Waals surface area contributed by atoms with Gasteiger partial charge in [-0.3, -0.25) is 14.4 Å². The molecule has 250 valence electrons. The Hall–Kier alpha value is -5.72. The molecule has 4 aromatic rings. The Morgan fingerprint density at radius 2 is 1.65 bits per heavy atom. The number of rotatable bonds is 13. The first kappa shape index (κ1) is 35.1. The smallest absolute Gasteiger partial charge is 0.416 e. The molecule has 0 bridgehead atoms. The minimum absolute atomic E-state index is 0.0123. The summed E-state index contributed by atoms with van der Waals surface area (Å²) < 4.78 is 50.6. The number of carbonyl (C=O) groups is 3. The molecule has 0 aliphatic rings. The van der Waals surface area contributed by atoms with E-state index in [1.807, 2.05) is 55.5 Å². The zero-order chi connectivity index (χ0) is 34.8. The second-order valence-corrected chi connectivity index (χ2v) is 10.7. The number of amides is 2. The largest absolute Gasteiger partial charge is 0.497 e. The van der Waals surface area contributed by atoms with E-state index in [2.05, 4.69) is 15.5 Å². The molecular weight excluding hydrogens is 629 g/mol. The first-order valence-electron chi connectivity index (χ1n) is 14.7. The summed E-state index contributed by atoms with van der Waals surface area (Å²) in [7, 11) is 1.24. The van der Waals surface area contributed by atoms with Crippen molar-refractivity contribution in [2.24, 2.45) is 0 Å². The third-order valence-electron chi connectivity index (χ3n) is 7.18. The number of aliphatic carboxylic acids is 1. The molecule has 1 heterocycles. The van der Waals surface area contributed by atoms with Gasteiger partial charge in [-0.1, -0.05) is 83.5 Å². The lowest BCUT2D eigenvalue weighted by molar-refractivity contribution is -0.143. The Kier molecular flexibility index (Phi) is 11.5. The van der Waals surface area contributed by atoms with E-state index in [1.165, 1.54) is 37.5 Å². The van der Waals surface area contributed by atoms with Crippen LogP contribution in [0, 0.1) is 6.92 Å². The van der Waals surface area contributed by atoms with E-state index in [0.29, 0.717) is 5.56 Å². The van der Waals surface area contributed by atoms with Gasteiger partial charge in [0.15, 0.2) is 0 Å². The van der Waals surface area contributed by atoms with Crippen LogP contribution in [0.4, 0.5) is 13.2 Å². The third kappa shape index (κ3) is 9.41. The van der Waals surface area contributed by atoms with Crippen molar-refractivity contribution < 1.29 is 41.9 Å². The maximum absolute atomic E-state index is 13.5. The Labute approximate surface area is 274 Å². The fourth-order valence-electron chi connectivity index (χ4n) is 4.69. The molecule has 2 N–H and O–H groups in total. The molecule has 0 saturated carbocycles. The predicted molar refractivity (Wildman–Crippen MR) is 171 cm³/mol. The minimum atomic E-state index is -4.68. The number of carboxylic acids is 1. The number of benzene rings is 3. The van der Waals surface area contributed by atoms with Crippen LogP contribution in [0.5, 0.6) is 5.75 Å². The second-order valence-electron chi connectivity index (χ2n) is 10.7. The van der Waals surface area contributed by atoms with Crippen LogP contribution >= 0.6 is 0 Å². The van der Waals surface area contributed by atoms with Gasteiger partial charge in [-0.05, 0) is 42.7 Å². The lowest BCUT2D eigenvalue weighted by atomic mass is 10.0. The van der Waals surface area contributed by atoms with Crippen LogP contribution in [-0.4, -0.2) is 58.1 Å². The Balaban J connectivity index is 1.37.